The Hall–Kier alpha value is -3.58. The number of hydrogen-bond acceptors (Lipinski definition) is 6. The second-order valence-corrected chi connectivity index (χ2v) is 4.69. The molecule has 122 valence electrons. The van der Waals surface area contributed by atoms with Gasteiger partial charge in [0.15, 0.2) is 0 Å². The number of esters is 1. The summed E-state index contributed by atoms with van der Waals surface area (Å²) in [6, 6.07) is 10.8. The van der Waals surface area contributed by atoms with Crippen molar-refractivity contribution in [3.05, 3.63) is 74.1 Å². The standard InChI is InChI=1S/C15H13N5O4/c1-24-15(21)13-8-12(20(22)23)6-7-14(13)17-9-10-2-4-11(5-3-10)18-19-16/h2-8,17H,9H2,1H3. The molecule has 0 saturated heterocycles. The van der Waals surface area contributed by atoms with Gasteiger partial charge in [0, 0.05) is 35.0 Å². The Morgan fingerprint density at radius 1 is 1.33 bits per heavy atom. The van der Waals surface area contributed by atoms with E-state index in [1.807, 2.05) is 0 Å². The zero-order valence-electron chi connectivity index (χ0n) is 12.7. The van der Waals surface area contributed by atoms with Crippen LogP contribution in [0.15, 0.2) is 47.6 Å². The molecule has 0 spiro atoms. The minimum absolute atomic E-state index is 0.0809. The molecular weight excluding hydrogens is 314 g/mol. The van der Waals surface area contributed by atoms with Gasteiger partial charge >= 0.3 is 5.97 Å². The molecule has 0 fully saturated rings. The Bertz CT molecular complexity index is 813. The molecule has 0 aliphatic rings. The Morgan fingerprint density at radius 3 is 2.62 bits per heavy atom. The molecule has 0 aliphatic carbocycles. The summed E-state index contributed by atoms with van der Waals surface area (Å²) >= 11 is 0. The first-order chi connectivity index (χ1) is 11.5. The Morgan fingerprint density at radius 2 is 2.04 bits per heavy atom. The Labute approximate surface area is 136 Å². The van der Waals surface area contributed by atoms with Crippen LogP contribution in [0, 0.1) is 10.1 Å². The van der Waals surface area contributed by atoms with Gasteiger partial charge in [-0.15, -0.1) is 0 Å². The number of azide groups is 1. The van der Waals surface area contributed by atoms with Crippen LogP contribution in [-0.4, -0.2) is 18.0 Å². The number of carbonyl (C=O) groups excluding carboxylic acids is 1. The molecule has 9 heteroatoms. The molecule has 2 aromatic rings. The van der Waals surface area contributed by atoms with Gasteiger partial charge in [0.2, 0.25) is 0 Å². The number of carbonyl (C=O) groups is 1. The van der Waals surface area contributed by atoms with E-state index in [2.05, 4.69) is 20.1 Å². The highest BCUT2D eigenvalue weighted by Gasteiger charge is 2.17. The van der Waals surface area contributed by atoms with Crippen molar-refractivity contribution in [1.82, 2.24) is 0 Å². The van der Waals surface area contributed by atoms with Crippen LogP contribution in [0.3, 0.4) is 0 Å². The van der Waals surface area contributed by atoms with E-state index in [0.29, 0.717) is 17.9 Å². The highest BCUT2D eigenvalue weighted by molar-refractivity contribution is 5.96. The molecule has 0 radical (unpaired) electrons. The molecule has 0 heterocycles. The fraction of sp³-hybridized carbons (Fsp3) is 0.133. The summed E-state index contributed by atoms with van der Waals surface area (Å²) in [5.41, 5.74) is 10.0. The summed E-state index contributed by atoms with van der Waals surface area (Å²) in [6.45, 7) is 0.373. The minimum atomic E-state index is -0.667. The summed E-state index contributed by atoms with van der Waals surface area (Å²) in [5, 5.41) is 17.3. The van der Waals surface area contributed by atoms with Gasteiger partial charge in [-0.2, -0.15) is 0 Å². The van der Waals surface area contributed by atoms with Crippen LogP contribution in [-0.2, 0) is 11.3 Å². The highest BCUT2D eigenvalue weighted by Crippen LogP contribution is 2.24. The van der Waals surface area contributed by atoms with E-state index in [1.165, 1.54) is 25.3 Å². The first kappa shape index (κ1) is 16.8. The maximum Gasteiger partial charge on any atom is 0.340 e. The second kappa shape index (κ2) is 7.61. The quantitative estimate of drug-likeness (QED) is 0.214. The van der Waals surface area contributed by atoms with E-state index in [9.17, 15) is 14.9 Å². The number of nitro groups is 1. The molecule has 0 aliphatic heterocycles. The fourth-order valence-electron chi connectivity index (χ4n) is 2.01. The van der Waals surface area contributed by atoms with Gasteiger partial charge in [-0.3, -0.25) is 10.1 Å². The van der Waals surface area contributed by atoms with Crippen LogP contribution in [0.5, 0.6) is 0 Å². The van der Waals surface area contributed by atoms with E-state index in [-0.39, 0.29) is 11.3 Å². The van der Waals surface area contributed by atoms with Crippen molar-refractivity contribution in [3.8, 4) is 0 Å². The van der Waals surface area contributed by atoms with E-state index < -0.39 is 10.9 Å². The summed E-state index contributed by atoms with van der Waals surface area (Å²) in [6.07, 6.45) is 0. The third-order valence-corrected chi connectivity index (χ3v) is 3.20. The third kappa shape index (κ3) is 3.99. The molecule has 1 N–H and O–H groups in total. The largest absolute Gasteiger partial charge is 0.465 e. The number of anilines is 1. The Balaban J connectivity index is 2.20. The van der Waals surface area contributed by atoms with Gasteiger partial charge in [-0.25, -0.2) is 4.79 Å². The minimum Gasteiger partial charge on any atom is -0.465 e. The molecule has 9 nitrogen and oxygen atoms in total. The van der Waals surface area contributed by atoms with Crippen molar-refractivity contribution >= 4 is 23.0 Å². The number of benzene rings is 2. The van der Waals surface area contributed by atoms with E-state index in [1.54, 1.807) is 24.3 Å². The van der Waals surface area contributed by atoms with Gasteiger partial charge < -0.3 is 10.1 Å². The van der Waals surface area contributed by atoms with Gasteiger partial charge in [0.25, 0.3) is 5.69 Å². The monoisotopic (exact) mass is 327 g/mol. The average Bonchev–Trinajstić information content (AvgIpc) is 2.60. The molecule has 24 heavy (non-hydrogen) atoms. The van der Waals surface area contributed by atoms with Crippen LogP contribution in [0.25, 0.3) is 10.4 Å². The van der Waals surface area contributed by atoms with Crippen LogP contribution in [0.1, 0.15) is 15.9 Å². The molecule has 2 aromatic carbocycles. The number of hydrogen-bond donors (Lipinski definition) is 1. The number of nitrogens with zero attached hydrogens (tertiary/aromatic N) is 4. The smallest absolute Gasteiger partial charge is 0.340 e. The predicted molar refractivity (Wildman–Crippen MR) is 87.0 cm³/mol. The molecule has 0 amide bonds. The second-order valence-electron chi connectivity index (χ2n) is 4.69. The zero-order chi connectivity index (χ0) is 17.5. The lowest BCUT2D eigenvalue weighted by Gasteiger charge is -2.11. The summed E-state index contributed by atoms with van der Waals surface area (Å²) < 4.78 is 4.66. The lowest BCUT2D eigenvalue weighted by Crippen LogP contribution is -2.09. The van der Waals surface area contributed by atoms with Crippen LogP contribution in [0.4, 0.5) is 17.1 Å². The molecule has 0 aromatic heterocycles. The van der Waals surface area contributed by atoms with Crippen molar-refractivity contribution in [2.75, 3.05) is 12.4 Å². The third-order valence-electron chi connectivity index (χ3n) is 3.20. The Kier molecular flexibility index (Phi) is 5.32. The van der Waals surface area contributed by atoms with Crippen molar-refractivity contribution in [2.24, 2.45) is 5.11 Å². The first-order valence-electron chi connectivity index (χ1n) is 6.80. The number of non-ortho nitro benzene ring substituents is 1. The zero-order valence-corrected chi connectivity index (χ0v) is 12.7. The van der Waals surface area contributed by atoms with Crippen LogP contribution >= 0.6 is 0 Å². The average molecular weight is 327 g/mol. The van der Waals surface area contributed by atoms with Crippen molar-refractivity contribution < 1.29 is 14.5 Å². The van der Waals surface area contributed by atoms with Gasteiger partial charge in [0.05, 0.1) is 17.6 Å². The topological polar surface area (TPSA) is 130 Å². The predicted octanol–water partition coefficient (Wildman–Crippen LogP) is 3.94. The van der Waals surface area contributed by atoms with Gasteiger partial charge in [-0.05, 0) is 17.2 Å². The van der Waals surface area contributed by atoms with E-state index >= 15 is 0 Å². The van der Waals surface area contributed by atoms with Crippen LogP contribution < -0.4 is 5.32 Å². The number of nitrogens with one attached hydrogen (secondary N) is 1. The number of nitro benzene ring substituents is 1. The number of rotatable bonds is 6. The maximum atomic E-state index is 11.8. The molecule has 0 unspecified atom stereocenters. The van der Waals surface area contributed by atoms with Crippen LogP contribution in [0.2, 0.25) is 0 Å². The lowest BCUT2D eigenvalue weighted by atomic mass is 10.1. The van der Waals surface area contributed by atoms with E-state index in [0.717, 1.165) is 5.56 Å². The van der Waals surface area contributed by atoms with Crippen molar-refractivity contribution in [3.63, 3.8) is 0 Å². The summed E-state index contributed by atoms with van der Waals surface area (Å²) in [5.74, 6) is -0.667. The molecule has 0 saturated carbocycles. The van der Waals surface area contributed by atoms with Gasteiger partial charge in [0.1, 0.15) is 0 Å². The van der Waals surface area contributed by atoms with Crippen molar-refractivity contribution in [1.29, 1.82) is 0 Å². The highest BCUT2D eigenvalue weighted by atomic mass is 16.6. The fourth-order valence-corrected chi connectivity index (χ4v) is 2.01. The molecule has 0 bridgehead atoms. The lowest BCUT2D eigenvalue weighted by molar-refractivity contribution is -0.384. The molecular formula is C15H13N5O4. The summed E-state index contributed by atoms with van der Waals surface area (Å²) in [7, 11) is 1.21. The van der Waals surface area contributed by atoms with E-state index in [4.69, 9.17) is 5.53 Å². The number of methoxy groups -OCH3 is 1. The molecule has 0 atom stereocenters. The molecule has 2 rings (SSSR count). The number of ether oxygens (including phenoxy) is 1. The summed E-state index contributed by atoms with van der Waals surface area (Å²) in [4.78, 5) is 24.8. The first-order valence-corrected chi connectivity index (χ1v) is 6.80. The SMILES string of the molecule is COC(=O)c1cc([N+](=O)[O-])ccc1NCc1ccc(N=[N+]=[N-])cc1. The van der Waals surface area contributed by atoms with Crippen molar-refractivity contribution in [2.45, 2.75) is 6.54 Å². The maximum absolute atomic E-state index is 11.8. The normalized spacial score (nSPS) is 9.71. The van der Waals surface area contributed by atoms with Gasteiger partial charge in [-0.1, -0.05) is 29.4 Å².